The van der Waals surface area contributed by atoms with Gasteiger partial charge in [0, 0.05) is 25.5 Å². The number of carboxylic acids is 1. The van der Waals surface area contributed by atoms with Crippen LogP contribution in [0.5, 0.6) is 5.75 Å². The molecule has 0 aliphatic heterocycles. The summed E-state index contributed by atoms with van der Waals surface area (Å²) in [5, 5.41) is 9.40. The summed E-state index contributed by atoms with van der Waals surface area (Å²) in [4.78, 5) is 13.9. The van der Waals surface area contributed by atoms with E-state index in [1.54, 1.807) is 0 Å². The smallest absolute Gasteiger partial charge is 0.333 e. The Balaban J connectivity index is 1.35. The van der Waals surface area contributed by atoms with Crippen LogP contribution in [-0.2, 0) is 35.2 Å². The monoisotopic (exact) mass is 591 g/mol. The molecule has 0 radical (unpaired) electrons. The Bertz CT molecular complexity index is 1530. The van der Waals surface area contributed by atoms with Crippen molar-refractivity contribution in [2.45, 2.75) is 64.5 Å². The number of carboxylic acid groups (broad SMARTS) is 1. The van der Waals surface area contributed by atoms with Crippen LogP contribution in [0, 0.1) is 0 Å². The van der Waals surface area contributed by atoms with E-state index in [9.17, 15) is 9.90 Å². The summed E-state index contributed by atoms with van der Waals surface area (Å²) in [6.45, 7) is 8.00. The lowest BCUT2D eigenvalue weighted by molar-refractivity contribution is -0.149. The largest absolute Gasteiger partial charge is 0.492 e. The van der Waals surface area contributed by atoms with Crippen molar-refractivity contribution in [1.82, 2.24) is 4.90 Å². The van der Waals surface area contributed by atoms with Crippen molar-refractivity contribution in [1.29, 1.82) is 0 Å². The van der Waals surface area contributed by atoms with Crippen molar-refractivity contribution in [3.63, 3.8) is 0 Å². The van der Waals surface area contributed by atoms with Crippen molar-refractivity contribution in [3.05, 3.63) is 136 Å². The van der Waals surface area contributed by atoms with Gasteiger partial charge in [-0.25, -0.2) is 4.79 Å². The Hall–Kier alpha value is -3.93. The Kier molecular flexibility index (Phi) is 10.5. The van der Waals surface area contributed by atoms with Crippen molar-refractivity contribution < 1.29 is 19.4 Å². The highest BCUT2D eigenvalue weighted by Crippen LogP contribution is 2.39. The number of aliphatic carboxylic acids is 1. The lowest BCUT2D eigenvalue weighted by Crippen LogP contribution is -2.30. The number of carbonyl (C=O) groups is 1. The lowest BCUT2D eigenvalue weighted by atomic mass is 9.87. The van der Waals surface area contributed by atoms with Crippen LogP contribution in [0.15, 0.2) is 91.0 Å². The van der Waals surface area contributed by atoms with E-state index >= 15 is 0 Å². The van der Waals surface area contributed by atoms with Gasteiger partial charge in [-0.2, -0.15) is 0 Å². The molecule has 5 nitrogen and oxygen atoms in total. The molecule has 230 valence electrons. The summed E-state index contributed by atoms with van der Waals surface area (Å²) >= 11 is 0. The molecule has 0 amide bonds. The van der Waals surface area contributed by atoms with Gasteiger partial charge in [0.1, 0.15) is 12.4 Å². The molecule has 0 spiro atoms. The van der Waals surface area contributed by atoms with Crippen LogP contribution in [-0.4, -0.2) is 48.9 Å². The van der Waals surface area contributed by atoms with Crippen molar-refractivity contribution >= 4 is 5.97 Å². The van der Waals surface area contributed by atoms with E-state index in [1.165, 1.54) is 38.9 Å². The minimum absolute atomic E-state index is 0.133. The maximum Gasteiger partial charge on any atom is 0.333 e. The topological polar surface area (TPSA) is 59.0 Å². The number of nitrogens with zero attached hydrogens (tertiary/aromatic N) is 1. The predicted molar refractivity (Wildman–Crippen MR) is 177 cm³/mol. The van der Waals surface area contributed by atoms with Gasteiger partial charge in [0.15, 0.2) is 6.10 Å². The first-order chi connectivity index (χ1) is 21.4. The molecule has 3 unspecified atom stereocenters. The van der Waals surface area contributed by atoms with Crippen molar-refractivity contribution in [2.24, 2.45) is 0 Å². The third kappa shape index (κ3) is 7.40. The molecular formula is C39H45NO4. The molecule has 5 heteroatoms. The average molecular weight is 592 g/mol. The number of likely N-dealkylation sites (N-methyl/N-ethyl adjacent to an activating group) is 1. The van der Waals surface area contributed by atoms with Gasteiger partial charge >= 0.3 is 5.97 Å². The van der Waals surface area contributed by atoms with Gasteiger partial charge in [0.25, 0.3) is 0 Å². The third-order valence-electron chi connectivity index (χ3n) is 8.98. The van der Waals surface area contributed by atoms with Crippen LogP contribution in [0.3, 0.4) is 0 Å². The number of rotatable bonds is 13. The molecule has 0 heterocycles. The fourth-order valence-electron chi connectivity index (χ4n) is 6.36. The highest BCUT2D eigenvalue weighted by molar-refractivity contribution is 5.72. The van der Waals surface area contributed by atoms with E-state index in [2.05, 4.69) is 92.5 Å². The second-order valence-corrected chi connectivity index (χ2v) is 11.8. The van der Waals surface area contributed by atoms with E-state index in [1.807, 2.05) is 31.2 Å². The normalized spacial score (nSPS) is 15.6. The number of benzene rings is 4. The van der Waals surface area contributed by atoms with Gasteiger partial charge in [-0.15, -0.1) is 0 Å². The van der Waals surface area contributed by atoms with E-state index < -0.39 is 12.1 Å². The van der Waals surface area contributed by atoms with Gasteiger partial charge in [0.2, 0.25) is 0 Å². The molecule has 5 rings (SSSR count). The summed E-state index contributed by atoms with van der Waals surface area (Å²) in [5.41, 5.74) is 10.6. The zero-order valence-corrected chi connectivity index (χ0v) is 26.5. The Morgan fingerprint density at radius 3 is 2.30 bits per heavy atom. The molecule has 44 heavy (non-hydrogen) atoms. The first-order valence-electron chi connectivity index (χ1n) is 15.9. The summed E-state index contributed by atoms with van der Waals surface area (Å²) in [5.74, 6) is 0.145. The third-order valence-corrected chi connectivity index (χ3v) is 8.98. The molecule has 4 aromatic rings. The molecule has 0 aromatic heterocycles. The van der Waals surface area contributed by atoms with Crippen LogP contribution in [0.2, 0.25) is 0 Å². The summed E-state index contributed by atoms with van der Waals surface area (Å²) in [6.07, 6.45) is 2.61. The molecule has 3 atom stereocenters. The Morgan fingerprint density at radius 1 is 0.864 bits per heavy atom. The number of aryl methyl sites for hydroxylation is 3. The van der Waals surface area contributed by atoms with Gasteiger partial charge < -0.3 is 14.6 Å². The molecule has 0 saturated heterocycles. The molecule has 1 aliphatic rings. The second-order valence-electron chi connectivity index (χ2n) is 11.8. The lowest BCUT2D eigenvalue weighted by Gasteiger charge is -2.31. The van der Waals surface area contributed by atoms with Gasteiger partial charge in [-0.05, 0) is 89.9 Å². The van der Waals surface area contributed by atoms with Crippen LogP contribution in [0.1, 0.15) is 77.2 Å². The summed E-state index contributed by atoms with van der Waals surface area (Å²) < 4.78 is 11.6. The maximum absolute atomic E-state index is 11.5. The molecule has 4 aromatic carbocycles. The SMILES string of the molecule is CCOC(Cc1ccc(OCCN(C)C2c3ccc(CC)cc3CCc3ccc(C(C)c4ccccc4)cc32)cc1)C(=O)O. The number of hydrogen-bond acceptors (Lipinski definition) is 4. The fourth-order valence-corrected chi connectivity index (χ4v) is 6.36. The van der Waals surface area contributed by atoms with E-state index in [0.717, 1.165) is 37.1 Å². The summed E-state index contributed by atoms with van der Waals surface area (Å²) in [6, 6.07) is 32.7. The maximum atomic E-state index is 11.5. The van der Waals surface area contributed by atoms with Crippen molar-refractivity contribution in [3.8, 4) is 5.75 Å². The highest BCUT2D eigenvalue weighted by Gasteiger charge is 2.28. The van der Waals surface area contributed by atoms with Crippen LogP contribution in [0.4, 0.5) is 0 Å². The second kappa shape index (κ2) is 14.7. The standard InChI is InChI=1S/C39H45NO4/c1-5-28-14-21-35-33(24-28)18-16-31-15-17-32(27(3)30-10-8-7-9-11-30)26-36(31)38(35)40(4)22-23-44-34-19-12-29(13-20-34)25-37(39(41)42)43-6-2/h7-15,17,19-21,24,26-27,37-38H,5-6,16,18,22-23,25H2,1-4H3,(H,41,42). The van der Waals surface area contributed by atoms with E-state index in [4.69, 9.17) is 9.47 Å². The van der Waals surface area contributed by atoms with E-state index in [-0.39, 0.29) is 6.04 Å². The Labute approximate surface area is 262 Å². The van der Waals surface area contributed by atoms with E-state index in [0.29, 0.717) is 25.6 Å². The van der Waals surface area contributed by atoms with Crippen LogP contribution >= 0.6 is 0 Å². The fraction of sp³-hybridized carbons (Fsp3) is 0.359. The Morgan fingerprint density at radius 2 is 1.59 bits per heavy atom. The van der Waals surface area contributed by atoms with Gasteiger partial charge in [-0.3, -0.25) is 4.90 Å². The first kappa shape index (κ1) is 31.5. The van der Waals surface area contributed by atoms with Crippen LogP contribution < -0.4 is 4.74 Å². The minimum atomic E-state index is -0.940. The quantitative estimate of drug-likeness (QED) is 0.173. The molecular weight excluding hydrogens is 546 g/mol. The average Bonchev–Trinajstić information content (AvgIpc) is 3.21. The van der Waals surface area contributed by atoms with Gasteiger partial charge in [-0.1, -0.05) is 92.7 Å². The molecule has 0 fully saturated rings. The highest BCUT2D eigenvalue weighted by atomic mass is 16.5. The summed E-state index contributed by atoms with van der Waals surface area (Å²) in [7, 11) is 2.21. The zero-order valence-electron chi connectivity index (χ0n) is 26.5. The molecule has 1 aliphatic carbocycles. The van der Waals surface area contributed by atoms with Crippen molar-refractivity contribution in [2.75, 3.05) is 26.8 Å². The first-order valence-corrected chi connectivity index (χ1v) is 15.9. The number of ether oxygens (including phenoxy) is 2. The van der Waals surface area contributed by atoms with Crippen LogP contribution in [0.25, 0.3) is 0 Å². The minimum Gasteiger partial charge on any atom is -0.492 e. The predicted octanol–water partition coefficient (Wildman–Crippen LogP) is 7.63. The molecule has 0 bridgehead atoms. The zero-order chi connectivity index (χ0) is 31.1. The molecule has 1 N–H and O–H groups in total. The number of fused-ring (bicyclic) bond motifs is 2. The van der Waals surface area contributed by atoms with Gasteiger partial charge in [0.05, 0.1) is 6.04 Å². The molecule has 0 saturated carbocycles. The number of hydrogen-bond donors (Lipinski definition) is 1.